The molecule has 0 saturated heterocycles. The number of halogens is 1. The van der Waals surface area contributed by atoms with Crippen LogP contribution in [0.1, 0.15) is 22.8 Å². The van der Waals surface area contributed by atoms with Crippen LogP contribution in [0.15, 0.2) is 18.2 Å². The van der Waals surface area contributed by atoms with Crippen molar-refractivity contribution in [1.82, 2.24) is 0 Å². The van der Waals surface area contributed by atoms with Crippen LogP contribution in [0.3, 0.4) is 0 Å². The van der Waals surface area contributed by atoms with Gasteiger partial charge < -0.3 is 10.2 Å². The zero-order valence-electron chi connectivity index (χ0n) is 9.26. The number of Topliss-reactive ketones (excluding diaryl/α,β-unsaturated/α-hetero) is 1. The predicted molar refractivity (Wildman–Crippen MR) is 66.3 cm³/mol. The molecule has 0 bridgehead atoms. The molecule has 18 heavy (non-hydrogen) atoms. The van der Waals surface area contributed by atoms with Crippen LogP contribution < -0.4 is 0 Å². The molecule has 0 spiro atoms. The highest BCUT2D eigenvalue weighted by molar-refractivity contribution is 9.09. The van der Waals surface area contributed by atoms with Gasteiger partial charge in [-0.15, -0.1) is 0 Å². The maximum atomic E-state index is 11.3. The molecule has 0 fully saturated rings. The zero-order valence-corrected chi connectivity index (χ0v) is 10.8. The minimum Gasteiger partial charge on any atom is -0.479 e. The topological polar surface area (TPSA) is 98.4 Å². The molecule has 2 N–H and O–H groups in total. The number of aliphatic hydroxyl groups excluding tert-OH is 1. The van der Waals surface area contributed by atoms with E-state index in [9.17, 15) is 14.7 Å². The van der Waals surface area contributed by atoms with Crippen LogP contribution in [-0.4, -0.2) is 27.3 Å². The lowest BCUT2D eigenvalue weighted by atomic mass is 9.95. The van der Waals surface area contributed by atoms with Crippen LogP contribution in [0, 0.1) is 11.3 Å². The normalized spacial score (nSPS) is 11.6. The van der Waals surface area contributed by atoms with E-state index in [4.69, 9.17) is 10.4 Å². The minimum atomic E-state index is -1.77. The fourth-order valence-corrected chi connectivity index (χ4v) is 1.72. The summed E-state index contributed by atoms with van der Waals surface area (Å²) in [4.78, 5) is 22.1. The van der Waals surface area contributed by atoms with Gasteiger partial charge in [-0.3, -0.25) is 4.79 Å². The first-order chi connectivity index (χ1) is 8.51. The third-order valence-electron chi connectivity index (χ3n) is 2.36. The van der Waals surface area contributed by atoms with Crippen LogP contribution in [0.25, 0.3) is 0 Å². The predicted octanol–water partition coefficient (Wildman–Crippen LogP) is 1.18. The second-order valence-corrected chi connectivity index (χ2v) is 4.14. The lowest BCUT2D eigenvalue weighted by Crippen LogP contribution is -2.14. The van der Waals surface area contributed by atoms with Crippen molar-refractivity contribution in [3.8, 4) is 6.07 Å². The number of carboxylic acids is 1. The van der Waals surface area contributed by atoms with Crippen LogP contribution in [0.5, 0.6) is 0 Å². The molecule has 5 nitrogen and oxygen atoms in total. The highest BCUT2D eigenvalue weighted by atomic mass is 79.9. The largest absolute Gasteiger partial charge is 0.479 e. The summed E-state index contributed by atoms with van der Waals surface area (Å²) in [7, 11) is 0. The Hall–Kier alpha value is -1.71. The Kier molecular flexibility index (Phi) is 5.01. The Labute approximate surface area is 112 Å². The Morgan fingerprint density at radius 2 is 2.11 bits per heavy atom. The lowest BCUT2D eigenvalue weighted by Gasteiger charge is -2.11. The summed E-state index contributed by atoms with van der Waals surface area (Å²) < 4.78 is 0. The van der Waals surface area contributed by atoms with Crippen LogP contribution in [-0.2, 0) is 16.0 Å². The van der Waals surface area contributed by atoms with E-state index in [-0.39, 0.29) is 28.7 Å². The van der Waals surface area contributed by atoms with Gasteiger partial charge in [0.05, 0.1) is 17.0 Å². The number of carboxylic acid groups (broad SMARTS) is 1. The highest BCUT2D eigenvalue weighted by Gasteiger charge is 2.21. The maximum Gasteiger partial charge on any atom is 0.337 e. The number of nitriles is 1. The number of hydrogen-bond donors (Lipinski definition) is 2. The van der Waals surface area contributed by atoms with E-state index < -0.39 is 12.1 Å². The van der Waals surface area contributed by atoms with Gasteiger partial charge in [-0.2, -0.15) is 5.26 Å². The number of aliphatic carboxylic acids is 1. The number of alkyl halides is 1. The van der Waals surface area contributed by atoms with Crippen molar-refractivity contribution in [2.45, 2.75) is 12.5 Å². The number of carbonyl (C=O) groups excluding carboxylic acids is 1. The fourth-order valence-electron chi connectivity index (χ4n) is 1.52. The molecule has 0 saturated carbocycles. The van der Waals surface area contributed by atoms with E-state index in [0.717, 1.165) is 0 Å². The molecule has 1 unspecified atom stereocenters. The molecule has 0 aliphatic rings. The minimum absolute atomic E-state index is 0.00451. The summed E-state index contributed by atoms with van der Waals surface area (Å²) in [6, 6.07) is 6.28. The molecular weight excluding hydrogens is 302 g/mol. The standard InChI is InChI=1S/C12H10BrNO4/c13-5-8(15)4-7-2-1-3-9(10(7)6-14)11(16)12(17)18/h1-3,11,16H,4-5H2,(H,17,18). The number of nitrogens with zero attached hydrogens (tertiary/aromatic N) is 1. The first kappa shape index (κ1) is 14.4. The van der Waals surface area contributed by atoms with Crippen LogP contribution in [0.4, 0.5) is 0 Å². The zero-order chi connectivity index (χ0) is 13.7. The van der Waals surface area contributed by atoms with E-state index in [2.05, 4.69) is 15.9 Å². The highest BCUT2D eigenvalue weighted by Crippen LogP contribution is 2.22. The lowest BCUT2D eigenvalue weighted by molar-refractivity contribution is -0.147. The summed E-state index contributed by atoms with van der Waals surface area (Å²) in [6.45, 7) is 0. The van der Waals surface area contributed by atoms with Gasteiger partial charge >= 0.3 is 5.97 Å². The summed E-state index contributed by atoms with van der Waals surface area (Å²) in [5.74, 6) is -1.57. The smallest absolute Gasteiger partial charge is 0.337 e. The van der Waals surface area contributed by atoms with Crippen molar-refractivity contribution >= 4 is 27.7 Å². The molecule has 0 aliphatic carbocycles. The maximum absolute atomic E-state index is 11.3. The third kappa shape index (κ3) is 3.15. The first-order valence-corrected chi connectivity index (χ1v) is 6.13. The molecule has 0 heterocycles. The number of rotatable bonds is 5. The average Bonchev–Trinajstić information content (AvgIpc) is 2.37. The van der Waals surface area contributed by atoms with Crippen molar-refractivity contribution in [1.29, 1.82) is 5.26 Å². The van der Waals surface area contributed by atoms with Gasteiger partial charge in [0, 0.05) is 12.0 Å². The third-order valence-corrected chi connectivity index (χ3v) is 2.99. The molecule has 0 amide bonds. The molecular formula is C12H10BrNO4. The molecule has 1 aromatic rings. The Bertz CT molecular complexity index is 521. The molecule has 1 aromatic carbocycles. The van der Waals surface area contributed by atoms with Crippen molar-refractivity contribution in [2.75, 3.05) is 5.33 Å². The Morgan fingerprint density at radius 1 is 1.44 bits per heavy atom. The molecule has 0 aliphatic heterocycles. The SMILES string of the molecule is N#Cc1c(CC(=O)CBr)cccc1C(O)C(=O)O. The van der Waals surface area contributed by atoms with Gasteiger partial charge in [0.25, 0.3) is 0 Å². The summed E-state index contributed by atoms with van der Waals surface area (Å²) in [6.07, 6.45) is -1.74. The number of hydrogen-bond acceptors (Lipinski definition) is 4. The monoisotopic (exact) mass is 311 g/mol. The van der Waals surface area contributed by atoms with Gasteiger partial charge in [0.1, 0.15) is 5.78 Å². The van der Waals surface area contributed by atoms with Gasteiger partial charge in [0.15, 0.2) is 6.10 Å². The van der Waals surface area contributed by atoms with Crippen molar-refractivity contribution in [3.05, 3.63) is 34.9 Å². The first-order valence-electron chi connectivity index (χ1n) is 5.01. The molecule has 1 atom stereocenters. The van der Waals surface area contributed by atoms with Gasteiger partial charge in [-0.25, -0.2) is 4.79 Å². The Morgan fingerprint density at radius 3 is 2.61 bits per heavy atom. The van der Waals surface area contributed by atoms with Crippen molar-refractivity contribution in [2.24, 2.45) is 0 Å². The number of ketones is 1. The number of carbonyl (C=O) groups is 2. The average molecular weight is 312 g/mol. The Balaban J connectivity index is 3.23. The van der Waals surface area contributed by atoms with E-state index in [1.165, 1.54) is 12.1 Å². The van der Waals surface area contributed by atoms with E-state index in [1.807, 2.05) is 6.07 Å². The molecule has 0 aromatic heterocycles. The van der Waals surface area contributed by atoms with Crippen molar-refractivity contribution in [3.63, 3.8) is 0 Å². The van der Waals surface area contributed by atoms with Gasteiger partial charge in [-0.05, 0) is 5.56 Å². The molecule has 94 valence electrons. The van der Waals surface area contributed by atoms with Crippen molar-refractivity contribution < 1.29 is 19.8 Å². The molecule has 6 heteroatoms. The summed E-state index contributed by atoms with van der Waals surface area (Å²) >= 11 is 3.01. The summed E-state index contributed by atoms with van der Waals surface area (Å²) in [5.41, 5.74) is 0.464. The van der Waals surface area contributed by atoms with Crippen LogP contribution >= 0.6 is 15.9 Å². The quantitative estimate of drug-likeness (QED) is 0.796. The van der Waals surface area contributed by atoms with E-state index in [1.54, 1.807) is 6.07 Å². The summed E-state index contributed by atoms with van der Waals surface area (Å²) in [5, 5.41) is 27.4. The molecule has 0 radical (unpaired) electrons. The van der Waals surface area contributed by atoms with E-state index >= 15 is 0 Å². The second-order valence-electron chi connectivity index (χ2n) is 3.58. The van der Waals surface area contributed by atoms with Gasteiger partial charge in [0.2, 0.25) is 0 Å². The fraction of sp³-hybridized carbons (Fsp3) is 0.250. The van der Waals surface area contributed by atoms with Gasteiger partial charge in [-0.1, -0.05) is 34.1 Å². The van der Waals surface area contributed by atoms with E-state index in [0.29, 0.717) is 5.56 Å². The van der Waals surface area contributed by atoms with Crippen LogP contribution in [0.2, 0.25) is 0 Å². The molecule has 1 rings (SSSR count). The second kappa shape index (κ2) is 6.28. The number of aliphatic hydroxyl groups is 1. The number of benzene rings is 1.